The summed E-state index contributed by atoms with van der Waals surface area (Å²) in [5, 5.41) is 13.2. The van der Waals surface area contributed by atoms with Crippen molar-refractivity contribution < 1.29 is 9.50 Å². The summed E-state index contributed by atoms with van der Waals surface area (Å²) in [4.78, 5) is 2.21. The summed E-state index contributed by atoms with van der Waals surface area (Å²) in [6.07, 6.45) is -0.529. The largest absolute Gasteiger partial charge is 0.387 e. The highest BCUT2D eigenvalue weighted by Crippen LogP contribution is 2.14. The van der Waals surface area contributed by atoms with Crippen molar-refractivity contribution in [2.24, 2.45) is 0 Å². The minimum absolute atomic E-state index is 0.266. The first-order valence-corrected chi connectivity index (χ1v) is 5.62. The van der Waals surface area contributed by atoms with Crippen LogP contribution in [0.1, 0.15) is 11.7 Å². The second kappa shape index (κ2) is 5.39. The molecule has 1 aliphatic heterocycles. The lowest BCUT2D eigenvalue weighted by Gasteiger charge is -2.29. The minimum Gasteiger partial charge on any atom is -0.387 e. The van der Waals surface area contributed by atoms with Gasteiger partial charge in [-0.05, 0) is 17.7 Å². The molecule has 1 aromatic carbocycles. The Hall–Kier alpha value is -0.970. The summed E-state index contributed by atoms with van der Waals surface area (Å²) >= 11 is 0. The van der Waals surface area contributed by atoms with Crippen LogP contribution in [0.2, 0.25) is 0 Å². The predicted molar refractivity (Wildman–Crippen MR) is 60.7 cm³/mol. The highest BCUT2D eigenvalue weighted by Gasteiger charge is 2.15. The molecule has 0 amide bonds. The third kappa shape index (κ3) is 3.01. The molecule has 1 saturated heterocycles. The Labute approximate surface area is 94.9 Å². The molecule has 3 nitrogen and oxygen atoms in total. The van der Waals surface area contributed by atoms with E-state index < -0.39 is 6.10 Å². The molecule has 16 heavy (non-hydrogen) atoms. The van der Waals surface area contributed by atoms with E-state index in [-0.39, 0.29) is 5.82 Å². The normalized spacial score (nSPS) is 19.6. The van der Waals surface area contributed by atoms with E-state index in [1.54, 1.807) is 12.1 Å². The number of hydrogen-bond donors (Lipinski definition) is 2. The quantitative estimate of drug-likeness (QED) is 0.796. The monoisotopic (exact) mass is 224 g/mol. The number of piperazine rings is 1. The fourth-order valence-corrected chi connectivity index (χ4v) is 1.93. The highest BCUT2D eigenvalue weighted by molar-refractivity contribution is 5.18. The Balaban J connectivity index is 1.91. The number of nitrogens with one attached hydrogen (secondary N) is 1. The molecule has 0 saturated carbocycles. The van der Waals surface area contributed by atoms with Crippen LogP contribution >= 0.6 is 0 Å². The molecule has 2 rings (SSSR count). The molecule has 1 atom stereocenters. The van der Waals surface area contributed by atoms with E-state index in [4.69, 9.17) is 0 Å². The summed E-state index contributed by atoms with van der Waals surface area (Å²) in [5.74, 6) is -0.266. The molecule has 4 heteroatoms. The Bertz CT molecular complexity index is 322. The number of benzene rings is 1. The molecule has 0 spiro atoms. The zero-order valence-corrected chi connectivity index (χ0v) is 9.19. The zero-order chi connectivity index (χ0) is 11.4. The van der Waals surface area contributed by atoms with Gasteiger partial charge in [-0.15, -0.1) is 0 Å². The summed E-state index contributed by atoms with van der Waals surface area (Å²) in [6.45, 7) is 4.47. The Morgan fingerprint density at radius 1 is 1.25 bits per heavy atom. The molecule has 0 unspecified atom stereocenters. The van der Waals surface area contributed by atoms with Gasteiger partial charge in [0.05, 0.1) is 6.10 Å². The fraction of sp³-hybridized carbons (Fsp3) is 0.500. The van der Waals surface area contributed by atoms with Crippen LogP contribution in [0.3, 0.4) is 0 Å². The Kier molecular flexibility index (Phi) is 3.88. The lowest BCUT2D eigenvalue weighted by Crippen LogP contribution is -2.44. The lowest BCUT2D eigenvalue weighted by atomic mass is 10.1. The van der Waals surface area contributed by atoms with Crippen molar-refractivity contribution in [1.82, 2.24) is 10.2 Å². The molecule has 1 aliphatic rings. The summed E-state index contributed by atoms with van der Waals surface area (Å²) < 4.78 is 12.7. The van der Waals surface area contributed by atoms with Gasteiger partial charge in [0.2, 0.25) is 0 Å². The van der Waals surface area contributed by atoms with Gasteiger partial charge in [0.25, 0.3) is 0 Å². The van der Waals surface area contributed by atoms with Crippen molar-refractivity contribution >= 4 is 0 Å². The van der Waals surface area contributed by atoms with E-state index in [0.29, 0.717) is 6.54 Å². The van der Waals surface area contributed by atoms with Crippen LogP contribution < -0.4 is 5.32 Å². The van der Waals surface area contributed by atoms with Gasteiger partial charge in [0.15, 0.2) is 0 Å². The Morgan fingerprint density at radius 3 is 2.50 bits per heavy atom. The third-order valence-corrected chi connectivity index (χ3v) is 2.90. The van der Waals surface area contributed by atoms with Crippen LogP contribution in [0.5, 0.6) is 0 Å². The van der Waals surface area contributed by atoms with Crippen molar-refractivity contribution in [1.29, 1.82) is 0 Å². The molecule has 1 fully saturated rings. The van der Waals surface area contributed by atoms with Crippen LogP contribution in [0.4, 0.5) is 4.39 Å². The molecule has 2 N–H and O–H groups in total. The first kappa shape index (κ1) is 11.5. The average molecular weight is 224 g/mol. The second-order valence-electron chi connectivity index (χ2n) is 4.12. The van der Waals surface area contributed by atoms with Crippen LogP contribution in [0.25, 0.3) is 0 Å². The molecular weight excluding hydrogens is 207 g/mol. The van der Waals surface area contributed by atoms with Crippen molar-refractivity contribution in [3.63, 3.8) is 0 Å². The number of nitrogens with zero attached hydrogens (tertiary/aromatic N) is 1. The number of aliphatic hydroxyl groups is 1. The molecule has 0 radical (unpaired) electrons. The van der Waals surface area contributed by atoms with E-state index in [1.807, 2.05) is 0 Å². The van der Waals surface area contributed by atoms with E-state index in [2.05, 4.69) is 10.2 Å². The van der Waals surface area contributed by atoms with Gasteiger partial charge in [0.1, 0.15) is 5.82 Å². The highest BCUT2D eigenvalue weighted by atomic mass is 19.1. The average Bonchev–Trinajstić information content (AvgIpc) is 2.31. The van der Waals surface area contributed by atoms with E-state index >= 15 is 0 Å². The number of β-amino-alcohol motifs (C(OH)–C–C–N with tert-alkyl or cyclic N) is 1. The molecule has 88 valence electrons. The van der Waals surface area contributed by atoms with E-state index in [1.165, 1.54) is 12.1 Å². The summed E-state index contributed by atoms with van der Waals surface area (Å²) in [6, 6.07) is 6.05. The van der Waals surface area contributed by atoms with Crippen LogP contribution in [-0.4, -0.2) is 42.7 Å². The third-order valence-electron chi connectivity index (χ3n) is 2.90. The van der Waals surface area contributed by atoms with Crippen LogP contribution in [0, 0.1) is 5.82 Å². The van der Waals surface area contributed by atoms with Crippen LogP contribution in [-0.2, 0) is 0 Å². The van der Waals surface area contributed by atoms with Crippen molar-refractivity contribution in [3.8, 4) is 0 Å². The van der Waals surface area contributed by atoms with Crippen molar-refractivity contribution in [2.45, 2.75) is 6.10 Å². The number of rotatable bonds is 3. The summed E-state index contributed by atoms with van der Waals surface area (Å²) in [5.41, 5.74) is 0.778. The lowest BCUT2D eigenvalue weighted by molar-refractivity contribution is 0.105. The Morgan fingerprint density at radius 2 is 1.88 bits per heavy atom. The number of halogens is 1. The van der Waals surface area contributed by atoms with Crippen LogP contribution in [0.15, 0.2) is 24.3 Å². The second-order valence-corrected chi connectivity index (χ2v) is 4.12. The van der Waals surface area contributed by atoms with Gasteiger partial charge in [-0.2, -0.15) is 0 Å². The van der Waals surface area contributed by atoms with Gasteiger partial charge in [-0.1, -0.05) is 12.1 Å². The molecule has 0 bridgehead atoms. The molecule has 0 aliphatic carbocycles. The minimum atomic E-state index is -0.529. The van der Waals surface area contributed by atoms with Gasteiger partial charge < -0.3 is 10.4 Å². The van der Waals surface area contributed by atoms with E-state index in [9.17, 15) is 9.50 Å². The maximum Gasteiger partial charge on any atom is 0.123 e. The first-order valence-electron chi connectivity index (χ1n) is 5.62. The number of hydrogen-bond acceptors (Lipinski definition) is 3. The molecular formula is C12H17FN2O. The van der Waals surface area contributed by atoms with Crippen molar-refractivity contribution in [3.05, 3.63) is 35.6 Å². The topological polar surface area (TPSA) is 35.5 Å². The van der Waals surface area contributed by atoms with Gasteiger partial charge >= 0.3 is 0 Å². The molecule has 1 aromatic rings. The van der Waals surface area contributed by atoms with E-state index in [0.717, 1.165) is 31.7 Å². The van der Waals surface area contributed by atoms with Gasteiger partial charge in [-0.25, -0.2) is 4.39 Å². The predicted octanol–water partition coefficient (Wildman–Crippen LogP) is 0.764. The smallest absolute Gasteiger partial charge is 0.123 e. The fourth-order valence-electron chi connectivity index (χ4n) is 1.93. The van der Waals surface area contributed by atoms with Gasteiger partial charge in [0, 0.05) is 32.7 Å². The first-order chi connectivity index (χ1) is 7.75. The van der Waals surface area contributed by atoms with Gasteiger partial charge in [-0.3, -0.25) is 4.90 Å². The maximum atomic E-state index is 12.7. The summed E-state index contributed by atoms with van der Waals surface area (Å²) in [7, 11) is 0. The standard InChI is InChI=1S/C12H17FN2O/c13-11-3-1-10(2-4-11)12(16)9-15-7-5-14-6-8-15/h1-4,12,14,16H,5-9H2/t12-/m0/s1. The maximum absolute atomic E-state index is 12.7. The van der Waals surface area contributed by atoms with Crippen molar-refractivity contribution in [2.75, 3.05) is 32.7 Å². The number of aliphatic hydroxyl groups excluding tert-OH is 1. The molecule has 0 aromatic heterocycles. The zero-order valence-electron chi connectivity index (χ0n) is 9.19. The molecule has 1 heterocycles. The SMILES string of the molecule is O[C@@H](CN1CCNCC1)c1ccc(F)cc1.